The van der Waals surface area contributed by atoms with Crippen LogP contribution in [0.15, 0.2) is 78.9 Å². The van der Waals surface area contributed by atoms with E-state index in [1.54, 1.807) is 60.7 Å². The molecule has 3 N–H and O–H groups in total. The minimum atomic E-state index is -2.98. The molecule has 0 saturated carbocycles. The number of aliphatic hydroxyl groups excluding tert-OH is 2. The molecule has 3 aromatic carbocycles. The fraction of sp³-hybridized carbons (Fsp3) is 0.185. The SMILES string of the molecule is CC(F)(F)c1cccc(-c2ccc3cccc(C(=O)Nc4cccc(OCC(O)CO)c4)c3n2)c1. The minimum Gasteiger partial charge on any atom is -0.491 e. The number of nitrogens with zero attached hydrogens (tertiary/aromatic N) is 1. The summed E-state index contributed by atoms with van der Waals surface area (Å²) in [6.45, 7) is 0.337. The summed E-state index contributed by atoms with van der Waals surface area (Å²) in [5.74, 6) is -2.96. The predicted octanol–water partition coefficient (Wildman–Crippen LogP) is 5.00. The number of hydrogen-bond acceptors (Lipinski definition) is 5. The average Bonchev–Trinajstić information content (AvgIpc) is 2.86. The van der Waals surface area contributed by atoms with Gasteiger partial charge in [-0.15, -0.1) is 0 Å². The zero-order valence-electron chi connectivity index (χ0n) is 18.9. The van der Waals surface area contributed by atoms with Gasteiger partial charge < -0.3 is 20.3 Å². The van der Waals surface area contributed by atoms with Crippen molar-refractivity contribution in [1.29, 1.82) is 0 Å². The van der Waals surface area contributed by atoms with Crippen LogP contribution < -0.4 is 10.1 Å². The highest BCUT2D eigenvalue weighted by Crippen LogP contribution is 2.31. The van der Waals surface area contributed by atoms with Crippen LogP contribution in [0.25, 0.3) is 22.2 Å². The Hall–Kier alpha value is -3.88. The topological polar surface area (TPSA) is 91.7 Å². The van der Waals surface area contributed by atoms with E-state index in [9.17, 15) is 18.7 Å². The molecule has 1 unspecified atom stereocenters. The van der Waals surface area contributed by atoms with Crippen molar-refractivity contribution >= 4 is 22.5 Å². The molecule has 1 atom stereocenters. The van der Waals surface area contributed by atoms with Gasteiger partial charge in [0.05, 0.1) is 23.4 Å². The summed E-state index contributed by atoms with van der Waals surface area (Å²) in [5.41, 5.74) is 2.12. The largest absolute Gasteiger partial charge is 0.491 e. The summed E-state index contributed by atoms with van der Waals surface area (Å²) in [7, 11) is 0. The molecule has 1 heterocycles. The molecular formula is C27H24F2N2O4. The third kappa shape index (κ3) is 5.79. The highest BCUT2D eigenvalue weighted by Gasteiger charge is 2.24. The summed E-state index contributed by atoms with van der Waals surface area (Å²) < 4.78 is 33.0. The number of aliphatic hydroxyl groups is 2. The minimum absolute atomic E-state index is 0.0882. The van der Waals surface area contributed by atoms with Gasteiger partial charge in [0.2, 0.25) is 0 Å². The smallest absolute Gasteiger partial charge is 0.270 e. The number of aromatic nitrogens is 1. The van der Waals surface area contributed by atoms with E-state index >= 15 is 0 Å². The summed E-state index contributed by atoms with van der Waals surface area (Å²) in [4.78, 5) is 17.7. The number of halogens is 2. The number of para-hydroxylation sites is 1. The second-order valence-electron chi connectivity index (χ2n) is 8.17. The lowest BCUT2D eigenvalue weighted by Gasteiger charge is -2.13. The first-order valence-corrected chi connectivity index (χ1v) is 11.0. The van der Waals surface area contributed by atoms with Crippen molar-refractivity contribution in [2.75, 3.05) is 18.5 Å². The Balaban J connectivity index is 1.62. The van der Waals surface area contributed by atoms with Crippen molar-refractivity contribution in [3.63, 3.8) is 0 Å². The maximum atomic E-state index is 13.8. The first-order chi connectivity index (χ1) is 16.7. The summed E-state index contributed by atoms with van der Waals surface area (Å²) in [6.07, 6.45) is -1.01. The third-order valence-corrected chi connectivity index (χ3v) is 5.38. The van der Waals surface area contributed by atoms with Crippen LogP contribution in [0, 0.1) is 0 Å². The summed E-state index contributed by atoms with van der Waals surface area (Å²) >= 11 is 0. The second kappa shape index (κ2) is 10.2. The van der Waals surface area contributed by atoms with E-state index < -0.39 is 24.5 Å². The van der Waals surface area contributed by atoms with Crippen molar-refractivity contribution in [2.24, 2.45) is 0 Å². The fourth-order valence-corrected chi connectivity index (χ4v) is 3.55. The highest BCUT2D eigenvalue weighted by atomic mass is 19.3. The number of amides is 1. The van der Waals surface area contributed by atoms with E-state index in [0.717, 1.165) is 12.3 Å². The number of fused-ring (bicyclic) bond motifs is 1. The van der Waals surface area contributed by atoms with Crippen LogP contribution in [0.4, 0.5) is 14.5 Å². The monoisotopic (exact) mass is 478 g/mol. The Kier molecular flexibility index (Phi) is 7.04. The third-order valence-electron chi connectivity index (χ3n) is 5.38. The van der Waals surface area contributed by atoms with Crippen molar-refractivity contribution in [2.45, 2.75) is 19.0 Å². The lowest BCUT2D eigenvalue weighted by atomic mass is 10.0. The molecule has 0 aliphatic rings. The number of carbonyl (C=O) groups excluding carboxylic acids is 1. The Morgan fingerprint density at radius 2 is 1.83 bits per heavy atom. The first kappa shape index (κ1) is 24.3. The van der Waals surface area contributed by atoms with Crippen LogP contribution in [0.1, 0.15) is 22.8 Å². The van der Waals surface area contributed by atoms with Gasteiger partial charge >= 0.3 is 0 Å². The van der Waals surface area contributed by atoms with Gasteiger partial charge in [-0.3, -0.25) is 4.79 Å². The van der Waals surface area contributed by atoms with Crippen LogP contribution in [-0.4, -0.2) is 40.4 Å². The van der Waals surface area contributed by atoms with Crippen LogP contribution >= 0.6 is 0 Å². The zero-order valence-corrected chi connectivity index (χ0v) is 18.9. The molecule has 0 spiro atoms. The van der Waals surface area contributed by atoms with Crippen molar-refractivity contribution in [3.8, 4) is 17.0 Å². The number of nitrogens with one attached hydrogen (secondary N) is 1. The standard InChI is InChI=1S/C27H24F2N2O4/c1-27(28,29)19-7-2-6-18(13-19)24-12-11-17-5-3-10-23(25(17)31-24)26(34)30-20-8-4-9-22(14-20)35-16-21(33)15-32/h2-14,21,32-33H,15-16H2,1H3,(H,30,34). The summed E-state index contributed by atoms with van der Waals surface area (Å²) in [5, 5.41) is 21.9. The number of ether oxygens (including phenoxy) is 1. The van der Waals surface area contributed by atoms with Crippen LogP contribution in [-0.2, 0) is 5.92 Å². The molecule has 35 heavy (non-hydrogen) atoms. The zero-order chi connectivity index (χ0) is 25.0. The number of hydrogen-bond donors (Lipinski definition) is 3. The highest BCUT2D eigenvalue weighted by molar-refractivity contribution is 6.12. The molecule has 0 saturated heterocycles. The van der Waals surface area contributed by atoms with Crippen molar-refractivity contribution < 1.29 is 28.5 Å². The number of anilines is 1. The van der Waals surface area contributed by atoms with Gasteiger partial charge in [-0.2, -0.15) is 0 Å². The molecule has 180 valence electrons. The van der Waals surface area contributed by atoms with Gasteiger partial charge in [0.1, 0.15) is 18.5 Å². The Labute approximate surface area is 200 Å². The Morgan fingerprint density at radius 1 is 1.06 bits per heavy atom. The number of alkyl halides is 2. The predicted molar refractivity (Wildman–Crippen MR) is 130 cm³/mol. The molecule has 0 fully saturated rings. The number of pyridine rings is 1. The van der Waals surface area contributed by atoms with Gasteiger partial charge in [0.25, 0.3) is 11.8 Å². The van der Waals surface area contributed by atoms with Crippen molar-refractivity contribution in [1.82, 2.24) is 4.98 Å². The normalized spacial score (nSPS) is 12.4. The van der Waals surface area contributed by atoms with E-state index in [1.165, 1.54) is 12.1 Å². The van der Waals surface area contributed by atoms with Crippen molar-refractivity contribution in [3.05, 3.63) is 90.0 Å². The molecule has 8 heteroatoms. The van der Waals surface area contributed by atoms with E-state index in [-0.39, 0.29) is 12.2 Å². The Morgan fingerprint density at radius 3 is 2.60 bits per heavy atom. The molecule has 0 aliphatic heterocycles. The number of rotatable bonds is 8. The van der Waals surface area contributed by atoms with Crippen LogP contribution in [0.2, 0.25) is 0 Å². The molecule has 0 bridgehead atoms. The van der Waals surface area contributed by atoms with Crippen LogP contribution in [0.5, 0.6) is 5.75 Å². The average molecular weight is 478 g/mol. The van der Waals surface area contributed by atoms with E-state index in [0.29, 0.717) is 33.8 Å². The fourth-order valence-electron chi connectivity index (χ4n) is 3.55. The van der Waals surface area contributed by atoms with E-state index in [1.807, 2.05) is 6.07 Å². The van der Waals surface area contributed by atoms with Gasteiger partial charge in [0.15, 0.2) is 0 Å². The first-order valence-electron chi connectivity index (χ1n) is 11.0. The van der Waals surface area contributed by atoms with Gasteiger partial charge in [0, 0.05) is 35.2 Å². The molecule has 4 rings (SSSR count). The molecule has 1 amide bonds. The van der Waals surface area contributed by atoms with Crippen LogP contribution in [0.3, 0.4) is 0 Å². The van der Waals surface area contributed by atoms with E-state index in [4.69, 9.17) is 9.84 Å². The van der Waals surface area contributed by atoms with E-state index in [2.05, 4.69) is 10.3 Å². The molecular weight excluding hydrogens is 454 g/mol. The lowest BCUT2D eigenvalue weighted by Crippen LogP contribution is -2.21. The quantitative estimate of drug-likeness (QED) is 0.332. The summed E-state index contributed by atoms with van der Waals surface area (Å²) in [6, 6.07) is 21.4. The number of benzene rings is 3. The maximum Gasteiger partial charge on any atom is 0.270 e. The van der Waals surface area contributed by atoms with Gasteiger partial charge in [-0.1, -0.05) is 42.5 Å². The maximum absolute atomic E-state index is 13.8. The second-order valence-corrected chi connectivity index (χ2v) is 8.17. The molecule has 0 radical (unpaired) electrons. The lowest BCUT2D eigenvalue weighted by molar-refractivity contribution is 0.0175. The number of carbonyl (C=O) groups is 1. The Bertz CT molecular complexity index is 1350. The molecule has 4 aromatic rings. The molecule has 1 aromatic heterocycles. The van der Waals surface area contributed by atoms with Gasteiger partial charge in [-0.25, -0.2) is 13.8 Å². The molecule has 0 aliphatic carbocycles. The molecule has 6 nitrogen and oxygen atoms in total. The van der Waals surface area contributed by atoms with Gasteiger partial charge in [-0.05, 0) is 30.3 Å².